The summed E-state index contributed by atoms with van der Waals surface area (Å²) in [5.74, 6) is 0.875. The van der Waals surface area contributed by atoms with Gasteiger partial charge in [-0.05, 0) is 24.6 Å². The zero-order valence-electron chi connectivity index (χ0n) is 11.3. The van der Waals surface area contributed by atoms with Gasteiger partial charge in [0.25, 0.3) is 5.91 Å². The molecule has 7 nitrogen and oxygen atoms in total. The highest BCUT2D eigenvalue weighted by Gasteiger charge is 2.27. The monoisotopic (exact) mass is 290 g/mol. The molecule has 1 unspecified atom stereocenters. The molecule has 0 saturated heterocycles. The Morgan fingerprint density at radius 2 is 2.19 bits per heavy atom. The lowest BCUT2D eigenvalue weighted by Crippen LogP contribution is -2.38. The maximum absolute atomic E-state index is 11.8. The van der Waals surface area contributed by atoms with Crippen molar-refractivity contribution < 1.29 is 23.9 Å². The van der Waals surface area contributed by atoms with E-state index in [1.165, 1.54) is 12.3 Å². The summed E-state index contributed by atoms with van der Waals surface area (Å²) in [5, 5.41) is 16.6. The molecule has 2 heterocycles. The molecule has 0 fully saturated rings. The number of nitrogens with one attached hydrogen (secondary N) is 1. The third-order valence-electron chi connectivity index (χ3n) is 3.25. The van der Waals surface area contributed by atoms with Gasteiger partial charge < -0.3 is 24.4 Å². The Bertz CT molecular complexity index is 651. The highest BCUT2D eigenvalue weighted by atomic mass is 16.7. The summed E-state index contributed by atoms with van der Waals surface area (Å²) in [7, 11) is 0. The van der Waals surface area contributed by atoms with Gasteiger partial charge in [0.2, 0.25) is 12.6 Å². The summed E-state index contributed by atoms with van der Waals surface area (Å²) in [4.78, 5) is 11.8. The van der Waals surface area contributed by atoms with E-state index in [-0.39, 0.29) is 19.1 Å². The first-order chi connectivity index (χ1) is 10.1. The number of hydrogen-bond donors (Lipinski definition) is 2. The van der Waals surface area contributed by atoms with Crippen LogP contribution in [0.25, 0.3) is 0 Å². The number of carbonyl (C=O) groups is 1. The second kappa shape index (κ2) is 5.10. The average molecular weight is 290 g/mol. The van der Waals surface area contributed by atoms with Gasteiger partial charge in [-0.15, -0.1) is 0 Å². The minimum absolute atomic E-state index is 0.0200. The molecule has 1 aromatic heterocycles. The summed E-state index contributed by atoms with van der Waals surface area (Å²) >= 11 is 0. The number of ether oxygens (including phenoxy) is 2. The summed E-state index contributed by atoms with van der Waals surface area (Å²) in [6.07, 6.45) is 1.38. The van der Waals surface area contributed by atoms with Crippen LogP contribution in [0.5, 0.6) is 11.5 Å². The number of aromatic nitrogens is 1. The van der Waals surface area contributed by atoms with Gasteiger partial charge in [0.05, 0.1) is 12.7 Å². The van der Waals surface area contributed by atoms with Crippen LogP contribution in [-0.2, 0) is 5.60 Å². The third kappa shape index (κ3) is 2.68. The molecule has 0 saturated carbocycles. The lowest BCUT2D eigenvalue weighted by atomic mass is 9.95. The molecular weight excluding hydrogens is 276 g/mol. The van der Waals surface area contributed by atoms with Crippen molar-refractivity contribution >= 4 is 5.91 Å². The third-order valence-corrected chi connectivity index (χ3v) is 3.25. The van der Waals surface area contributed by atoms with E-state index in [9.17, 15) is 9.90 Å². The summed E-state index contributed by atoms with van der Waals surface area (Å²) < 4.78 is 15.2. The minimum Gasteiger partial charge on any atom is -0.454 e. The summed E-state index contributed by atoms with van der Waals surface area (Å²) in [6, 6.07) is 6.60. The molecule has 1 amide bonds. The van der Waals surface area contributed by atoms with Crippen molar-refractivity contribution in [3.05, 3.63) is 41.8 Å². The van der Waals surface area contributed by atoms with E-state index < -0.39 is 11.5 Å². The van der Waals surface area contributed by atoms with Gasteiger partial charge in [-0.1, -0.05) is 11.2 Å². The molecule has 7 heteroatoms. The fourth-order valence-corrected chi connectivity index (χ4v) is 2.01. The predicted octanol–water partition coefficient (Wildman–Crippen LogP) is 1.04. The Balaban J connectivity index is 1.70. The first kappa shape index (κ1) is 13.4. The van der Waals surface area contributed by atoms with Crippen molar-refractivity contribution in [2.45, 2.75) is 12.5 Å². The molecule has 110 valence electrons. The highest BCUT2D eigenvalue weighted by Crippen LogP contribution is 2.35. The van der Waals surface area contributed by atoms with Crippen LogP contribution >= 0.6 is 0 Å². The van der Waals surface area contributed by atoms with Gasteiger partial charge in [0, 0.05) is 6.07 Å². The molecule has 0 spiro atoms. The zero-order valence-corrected chi connectivity index (χ0v) is 11.3. The van der Waals surface area contributed by atoms with Gasteiger partial charge in [-0.2, -0.15) is 0 Å². The lowest BCUT2D eigenvalue weighted by molar-refractivity contribution is 0.0515. The van der Waals surface area contributed by atoms with Gasteiger partial charge in [-0.25, -0.2) is 0 Å². The van der Waals surface area contributed by atoms with Crippen LogP contribution in [0.3, 0.4) is 0 Å². The topological polar surface area (TPSA) is 93.8 Å². The molecule has 2 aromatic rings. The molecular formula is C14H14N2O5. The Labute approximate surface area is 120 Å². The number of rotatable bonds is 4. The van der Waals surface area contributed by atoms with Gasteiger partial charge in [0.1, 0.15) is 5.60 Å². The molecule has 0 bridgehead atoms. The number of fused-ring (bicyclic) bond motifs is 1. The van der Waals surface area contributed by atoms with Crippen LogP contribution < -0.4 is 14.8 Å². The number of amides is 1. The van der Waals surface area contributed by atoms with Gasteiger partial charge in [0.15, 0.2) is 11.5 Å². The van der Waals surface area contributed by atoms with Crippen LogP contribution in [-0.4, -0.2) is 29.5 Å². The molecule has 1 aromatic carbocycles. The molecule has 21 heavy (non-hydrogen) atoms. The van der Waals surface area contributed by atoms with Crippen molar-refractivity contribution in [2.24, 2.45) is 0 Å². The second-order valence-electron chi connectivity index (χ2n) is 4.90. The molecule has 3 rings (SSSR count). The maximum Gasteiger partial charge on any atom is 0.290 e. The number of aliphatic hydroxyl groups is 1. The van der Waals surface area contributed by atoms with E-state index in [4.69, 9.17) is 14.0 Å². The van der Waals surface area contributed by atoms with Crippen LogP contribution in [0.2, 0.25) is 0 Å². The van der Waals surface area contributed by atoms with Gasteiger partial charge >= 0.3 is 0 Å². The Kier molecular flexibility index (Phi) is 3.26. The average Bonchev–Trinajstić information content (AvgIpc) is 3.14. The van der Waals surface area contributed by atoms with E-state index in [1.54, 1.807) is 25.1 Å². The fraction of sp³-hybridized carbons (Fsp3) is 0.286. The van der Waals surface area contributed by atoms with E-state index in [2.05, 4.69) is 10.5 Å². The van der Waals surface area contributed by atoms with E-state index in [0.717, 1.165) is 0 Å². The van der Waals surface area contributed by atoms with Crippen molar-refractivity contribution in [3.63, 3.8) is 0 Å². The van der Waals surface area contributed by atoms with Gasteiger partial charge in [-0.3, -0.25) is 4.79 Å². The normalized spacial score (nSPS) is 15.5. The molecule has 1 aliphatic rings. The smallest absolute Gasteiger partial charge is 0.290 e. The number of benzene rings is 1. The predicted molar refractivity (Wildman–Crippen MR) is 71.0 cm³/mol. The largest absolute Gasteiger partial charge is 0.454 e. The Morgan fingerprint density at radius 3 is 2.95 bits per heavy atom. The molecule has 0 radical (unpaired) electrons. The van der Waals surface area contributed by atoms with E-state index >= 15 is 0 Å². The highest BCUT2D eigenvalue weighted by molar-refractivity contribution is 5.91. The van der Waals surface area contributed by atoms with Crippen molar-refractivity contribution in [1.82, 2.24) is 10.5 Å². The standard InChI is InChI=1S/C14H14N2O5/c1-14(18,7-15-13(17)11-4-5-16-21-11)9-2-3-10-12(6-9)20-8-19-10/h2-6,18H,7-8H2,1H3,(H,15,17). The number of carbonyl (C=O) groups excluding carboxylic acids is 1. The number of hydrogen-bond acceptors (Lipinski definition) is 6. The Morgan fingerprint density at radius 1 is 1.38 bits per heavy atom. The van der Waals surface area contributed by atoms with E-state index in [0.29, 0.717) is 17.1 Å². The van der Waals surface area contributed by atoms with Crippen molar-refractivity contribution in [1.29, 1.82) is 0 Å². The lowest BCUT2D eigenvalue weighted by Gasteiger charge is -2.24. The van der Waals surface area contributed by atoms with Crippen LogP contribution in [0, 0.1) is 0 Å². The Hall–Kier alpha value is -2.54. The van der Waals surface area contributed by atoms with Crippen molar-refractivity contribution in [2.75, 3.05) is 13.3 Å². The summed E-state index contributed by atoms with van der Waals surface area (Å²) in [5.41, 5.74) is -0.638. The number of nitrogens with zero attached hydrogens (tertiary/aromatic N) is 1. The van der Waals surface area contributed by atoms with E-state index in [1.807, 2.05) is 0 Å². The summed E-state index contributed by atoms with van der Waals surface area (Å²) in [6.45, 7) is 1.79. The fourth-order valence-electron chi connectivity index (χ4n) is 2.01. The van der Waals surface area contributed by atoms with Crippen LogP contribution in [0.4, 0.5) is 0 Å². The van der Waals surface area contributed by atoms with Crippen LogP contribution in [0.15, 0.2) is 35.0 Å². The zero-order chi connectivity index (χ0) is 14.9. The quantitative estimate of drug-likeness (QED) is 0.874. The van der Waals surface area contributed by atoms with Crippen molar-refractivity contribution in [3.8, 4) is 11.5 Å². The molecule has 2 N–H and O–H groups in total. The minimum atomic E-state index is -1.25. The first-order valence-corrected chi connectivity index (χ1v) is 6.38. The maximum atomic E-state index is 11.8. The first-order valence-electron chi connectivity index (χ1n) is 6.38. The molecule has 1 aliphatic heterocycles. The molecule has 1 atom stereocenters. The second-order valence-corrected chi connectivity index (χ2v) is 4.90. The van der Waals surface area contributed by atoms with Crippen LogP contribution in [0.1, 0.15) is 23.0 Å². The molecule has 0 aliphatic carbocycles. The SMILES string of the molecule is CC(O)(CNC(=O)c1ccno1)c1ccc2c(c1)OCO2.